The molecule has 2 fully saturated rings. The number of ether oxygens (including phenoxy) is 5. The lowest BCUT2D eigenvalue weighted by molar-refractivity contribution is -0.349. The van der Waals surface area contributed by atoms with E-state index in [9.17, 15) is 50.4 Å². The van der Waals surface area contributed by atoms with Crippen molar-refractivity contribution in [1.29, 1.82) is 0 Å². The molecule has 1 aromatic heterocycles. The van der Waals surface area contributed by atoms with Crippen LogP contribution in [0.15, 0.2) is 45.6 Å². The van der Waals surface area contributed by atoms with E-state index in [1.165, 1.54) is 31.2 Å². The molecule has 45 heavy (non-hydrogen) atoms. The van der Waals surface area contributed by atoms with E-state index in [1.54, 1.807) is 0 Å². The first-order valence-corrected chi connectivity index (χ1v) is 13.8. The summed E-state index contributed by atoms with van der Waals surface area (Å²) in [5.41, 5.74) is -0.909. The zero-order valence-corrected chi connectivity index (χ0v) is 23.8. The van der Waals surface area contributed by atoms with Crippen molar-refractivity contribution >= 4 is 16.9 Å². The highest BCUT2D eigenvalue weighted by atomic mass is 16.7. The molecule has 0 saturated carbocycles. The van der Waals surface area contributed by atoms with Crippen molar-refractivity contribution in [1.82, 2.24) is 0 Å². The quantitative estimate of drug-likeness (QED) is 0.147. The molecule has 10 unspecified atom stereocenters. The maximum Gasteiger partial charge on any atom is 0.303 e. The van der Waals surface area contributed by atoms with Gasteiger partial charge in [-0.2, -0.15) is 0 Å². The van der Waals surface area contributed by atoms with Gasteiger partial charge in [0.05, 0.1) is 12.7 Å². The zero-order chi connectivity index (χ0) is 32.7. The minimum absolute atomic E-state index is 0.0982. The molecule has 3 aromatic rings. The molecule has 16 heteroatoms. The van der Waals surface area contributed by atoms with Gasteiger partial charge in [-0.1, -0.05) is 0 Å². The van der Waals surface area contributed by atoms with E-state index in [1.807, 2.05) is 0 Å². The van der Waals surface area contributed by atoms with Gasteiger partial charge in [-0.05, 0) is 31.2 Å². The van der Waals surface area contributed by atoms with Crippen LogP contribution in [0.2, 0.25) is 0 Å². The van der Waals surface area contributed by atoms with Crippen molar-refractivity contribution in [3.8, 4) is 34.3 Å². The van der Waals surface area contributed by atoms with Crippen LogP contribution in [0.3, 0.4) is 0 Å². The molecule has 2 aliphatic heterocycles. The first-order chi connectivity index (χ1) is 21.3. The fraction of sp³-hybridized carbons (Fsp3) is 0.448. The van der Waals surface area contributed by atoms with Gasteiger partial charge in [-0.25, -0.2) is 0 Å². The Hall–Kier alpha value is -4.00. The number of carbonyl (C=O) groups is 1. The molecule has 2 saturated heterocycles. The van der Waals surface area contributed by atoms with Crippen molar-refractivity contribution in [2.45, 2.75) is 75.3 Å². The average Bonchev–Trinajstić information content (AvgIpc) is 2.98. The second-order valence-corrected chi connectivity index (χ2v) is 10.7. The number of fused-ring (bicyclic) bond motifs is 1. The van der Waals surface area contributed by atoms with Crippen molar-refractivity contribution in [3.05, 3.63) is 46.6 Å². The van der Waals surface area contributed by atoms with Crippen LogP contribution >= 0.6 is 0 Å². The second kappa shape index (κ2) is 12.8. The van der Waals surface area contributed by atoms with Gasteiger partial charge in [-0.3, -0.25) is 9.59 Å². The lowest BCUT2D eigenvalue weighted by atomic mass is 9.97. The summed E-state index contributed by atoms with van der Waals surface area (Å²) in [6.45, 7) is 1.71. The molecule has 3 heterocycles. The maximum absolute atomic E-state index is 13.6. The van der Waals surface area contributed by atoms with Gasteiger partial charge in [0.1, 0.15) is 64.8 Å². The zero-order valence-electron chi connectivity index (χ0n) is 23.8. The molecule has 0 aliphatic carbocycles. The van der Waals surface area contributed by atoms with E-state index in [0.29, 0.717) is 0 Å². The Kier molecular flexibility index (Phi) is 9.20. The van der Waals surface area contributed by atoms with Gasteiger partial charge in [-0.15, -0.1) is 0 Å². The number of aromatic hydroxyl groups is 3. The monoisotopic (exact) mass is 636 g/mol. The van der Waals surface area contributed by atoms with E-state index >= 15 is 0 Å². The summed E-state index contributed by atoms with van der Waals surface area (Å²) in [4.78, 5) is 25.3. The van der Waals surface area contributed by atoms with Gasteiger partial charge in [0.15, 0.2) is 18.2 Å². The summed E-state index contributed by atoms with van der Waals surface area (Å²) in [5, 5.41) is 82.1. The molecule has 244 valence electrons. The molecule has 2 aliphatic rings. The van der Waals surface area contributed by atoms with E-state index in [4.69, 9.17) is 28.1 Å². The summed E-state index contributed by atoms with van der Waals surface area (Å²) in [6.07, 6.45) is -16.0. The predicted octanol–water partition coefficient (Wildman–Crippen LogP) is -0.822. The molecule has 0 spiro atoms. The topological polar surface area (TPSA) is 255 Å². The predicted molar refractivity (Wildman–Crippen MR) is 148 cm³/mol. The number of aliphatic hydroxyl groups excluding tert-OH is 5. The Bertz CT molecular complexity index is 1590. The number of hydrogen-bond acceptors (Lipinski definition) is 16. The summed E-state index contributed by atoms with van der Waals surface area (Å²) in [6, 6.07) is 7.40. The van der Waals surface area contributed by atoms with Crippen LogP contribution in [0.5, 0.6) is 23.0 Å². The lowest BCUT2D eigenvalue weighted by Crippen LogP contribution is -2.64. The highest BCUT2D eigenvalue weighted by molar-refractivity contribution is 5.88. The maximum atomic E-state index is 13.6. The van der Waals surface area contributed by atoms with Crippen LogP contribution < -0.4 is 10.2 Å². The minimum atomic E-state index is -1.91. The Morgan fingerprint density at radius 2 is 1.53 bits per heavy atom. The van der Waals surface area contributed by atoms with Gasteiger partial charge in [0, 0.05) is 24.6 Å². The van der Waals surface area contributed by atoms with Gasteiger partial charge < -0.3 is 69.0 Å². The molecule has 0 radical (unpaired) electrons. The number of aliphatic hydroxyl groups is 5. The Morgan fingerprint density at radius 1 is 0.867 bits per heavy atom. The Morgan fingerprint density at radius 3 is 2.18 bits per heavy atom. The molecular weight excluding hydrogens is 604 g/mol. The van der Waals surface area contributed by atoms with Crippen LogP contribution in [0.25, 0.3) is 22.3 Å². The number of benzene rings is 2. The third-order valence-corrected chi connectivity index (χ3v) is 7.48. The van der Waals surface area contributed by atoms with Crippen molar-refractivity contribution in [2.24, 2.45) is 0 Å². The molecule has 16 nitrogen and oxygen atoms in total. The minimum Gasteiger partial charge on any atom is -0.508 e. The van der Waals surface area contributed by atoms with Crippen molar-refractivity contribution < 1.29 is 73.7 Å². The summed E-state index contributed by atoms with van der Waals surface area (Å²) in [7, 11) is 0. The largest absolute Gasteiger partial charge is 0.508 e. The van der Waals surface area contributed by atoms with Crippen molar-refractivity contribution in [2.75, 3.05) is 6.61 Å². The molecule has 8 N–H and O–H groups in total. The third kappa shape index (κ3) is 6.27. The van der Waals surface area contributed by atoms with Crippen LogP contribution in [0, 0.1) is 0 Å². The van der Waals surface area contributed by atoms with Gasteiger partial charge in [0.25, 0.3) is 0 Å². The standard InChI is InChI=1S/C29H32O16/c1-10-24(44-29-27(41-11(2)31)21(37)19(35)17(9-30)43-29)22(38)23(39)28(40-10)45-26-20(36)18-15(34)7-14(33)8-16(18)42-25(26)12-3-5-13(32)6-4-12/h3-8,10,17,19,21-24,27-30,32-35,37-39H,9H2,1-2H3. The summed E-state index contributed by atoms with van der Waals surface area (Å²) in [5.74, 6) is -2.75. The number of hydrogen-bond donors (Lipinski definition) is 8. The summed E-state index contributed by atoms with van der Waals surface area (Å²) < 4.78 is 33.7. The average molecular weight is 637 g/mol. The van der Waals surface area contributed by atoms with E-state index in [2.05, 4.69) is 0 Å². The van der Waals surface area contributed by atoms with E-state index < -0.39 is 96.7 Å². The van der Waals surface area contributed by atoms with E-state index in [0.717, 1.165) is 19.1 Å². The third-order valence-electron chi connectivity index (χ3n) is 7.48. The van der Waals surface area contributed by atoms with E-state index in [-0.39, 0.29) is 28.0 Å². The van der Waals surface area contributed by atoms with Crippen LogP contribution in [0.4, 0.5) is 0 Å². The molecule has 0 bridgehead atoms. The number of carbonyl (C=O) groups excluding carboxylic acids is 1. The number of rotatable bonds is 7. The number of phenolic OH excluding ortho intramolecular Hbond substituents is 3. The number of phenols is 3. The molecule has 2 aromatic carbocycles. The smallest absolute Gasteiger partial charge is 0.303 e. The SMILES string of the molecule is CC(=O)OC1C(OC2C(C)OC(Oc3c(-c4ccc(O)cc4)oc4cc(O)cc(O)c4c3=O)C(O)C2O)OC(CO)C(O)C1O. The molecule has 0 amide bonds. The second-order valence-electron chi connectivity index (χ2n) is 10.7. The molecule has 10 atom stereocenters. The van der Waals surface area contributed by atoms with Crippen LogP contribution in [-0.2, 0) is 23.7 Å². The highest BCUT2D eigenvalue weighted by Gasteiger charge is 2.52. The normalized spacial score (nSPS) is 31.9. The Labute approximate surface area is 253 Å². The highest BCUT2D eigenvalue weighted by Crippen LogP contribution is 2.38. The van der Waals surface area contributed by atoms with Gasteiger partial charge >= 0.3 is 5.97 Å². The van der Waals surface area contributed by atoms with Crippen LogP contribution in [0.1, 0.15) is 13.8 Å². The first kappa shape index (κ1) is 32.4. The Balaban J connectivity index is 1.45. The fourth-order valence-corrected chi connectivity index (χ4v) is 5.22. The first-order valence-electron chi connectivity index (χ1n) is 13.8. The summed E-state index contributed by atoms with van der Waals surface area (Å²) >= 11 is 0. The van der Waals surface area contributed by atoms with Gasteiger partial charge in [0.2, 0.25) is 17.5 Å². The molecule has 5 rings (SSSR count). The lowest BCUT2D eigenvalue weighted by Gasteiger charge is -2.46. The van der Waals surface area contributed by atoms with Crippen molar-refractivity contribution in [3.63, 3.8) is 0 Å². The fourth-order valence-electron chi connectivity index (χ4n) is 5.22. The molecular formula is C29H32O16. The number of esters is 1. The van der Waals surface area contributed by atoms with Crippen LogP contribution in [-0.4, -0.2) is 115 Å².